The van der Waals surface area contributed by atoms with Crippen LogP contribution in [0.25, 0.3) is 10.9 Å². The minimum Gasteiger partial charge on any atom is -0.338 e. The molecule has 1 aromatic carbocycles. The lowest BCUT2D eigenvalue weighted by atomic mass is 10.00. The van der Waals surface area contributed by atoms with Crippen molar-refractivity contribution in [1.82, 2.24) is 15.1 Å². The van der Waals surface area contributed by atoms with Crippen LogP contribution in [0.2, 0.25) is 0 Å². The Bertz CT molecular complexity index is 828. The zero-order valence-corrected chi connectivity index (χ0v) is 12.8. The molecule has 1 heterocycles. The van der Waals surface area contributed by atoms with Crippen LogP contribution in [0.4, 0.5) is 0 Å². The van der Waals surface area contributed by atoms with Crippen LogP contribution in [0.3, 0.4) is 0 Å². The third-order valence-corrected chi connectivity index (χ3v) is 4.36. The smallest absolute Gasteiger partial charge is 0.223 e. The molecule has 0 unspecified atom stereocenters. The summed E-state index contributed by atoms with van der Waals surface area (Å²) in [5.74, 6) is -0.155. The van der Waals surface area contributed by atoms with Crippen molar-refractivity contribution in [2.75, 3.05) is 0 Å². The van der Waals surface area contributed by atoms with Crippen molar-refractivity contribution in [3.8, 4) is 6.07 Å². The van der Waals surface area contributed by atoms with Crippen molar-refractivity contribution in [1.29, 1.82) is 5.26 Å². The Labute approximate surface area is 133 Å². The summed E-state index contributed by atoms with van der Waals surface area (Å²) in [6.07, 6.45) is 4.87. The number of fused-ring (bicyclic) bond motifs is 1. The van der Waals surface area contributed by atoms with Gasteiger partial charge in [-0.1, -0.05) is 12.1 Å². The average molecular weight is 310 g/mol. The first-order chi connectivity index (χ1) is 11.1. The molecule has 0 saturated heterocycles. The molecule has 0 radical (unpaired) electrons. The molecule has 3 rings (SSSR count). The zero-order valence-electron chi connectivity index (χ0n) is 12.8. The van der Waals surface area contributed by atoms with E-state index in [2.05, 4.69) is 16.5 Å². The Morgan fingerprint density at radius 1 is 1.35 bits per heavy atom. The maximum absolute atomic E-state index is 12.2. The fourth-order valence-electron chi connectivity index (χ4n) is 3.12. The van der Waals surface area contributed by atoms with Gasteiger partial charge < -0.3 is 5.32 Å². The molecule has 1 aliphatic rings. The standard InChI is InChI=1S/C17H18N4O2/c18-12-17(8-3-4-9-17)20-16(23)7-10-21-14-6-2-1-5-13(14)15(22)11-19-21/h1-2,5-6,11H,3-4,7-10H2,(H,20,23). The second-order valence-electron chi connectivity index (χ2n) is 5.95. The number of carbonyl (C=O) groups excluding carboxylic acids is 1. The maximum Gasteiger partial charge on any atom is 0.223 e. The number of nitrogens with one attached hydrogen (secondary N) is 1. The second-order valence-corrected chi connectivity index (χ2v) is 5.95. The Morgan fingerprint density at radius 3 is 2.83 bits per heavy atom. The number of benzene rings is 1. The maximum atomic E-state index is 12.2. The molecular weight excluding hydrogens is 292 g/mol. The molecule has 0 atom stereocenters. The molecule has 0 bridgehead atoms. The number of rotatable bonds is 4. The Kier molecular flexibility index (Phi) is 4.11. The van der Waals surface area contributed by atoms with E-state index in [1.54, 1.807) is 16.8 Å². The first kappa shape index (κ1) is 15.2. The molecule has 0 spiro atoms. The van der Waals surface area contributed by atoms with E-state index in [0.29, 0.717) is 30.3 Å². The predicted octanol–water partition coefficient (Wildman–Crippen LogP) is 1.74. The molecule has 0 aliphatic heterocycles. The molecule has 2 aromatic rings. The number of amides is 1. The summed E-state index contributed by atoms with van der Waals surface area (Å²) in [5.41, 5.74) is -0.116. The van der Waals surface area contributed by atoms with Crippen molar-refractivity contribution in [3.63, 3.8) is 0 Å². The summed E-state index contributed by atoms with van der Waals surface area (Å²) in [5, 5.41) is 16.9. The monoisotopic (exact) mass is 310 g/mol. The van der Waals surface area contributed by atoms with Crippen LogP contribution >= 0.6 is 0 Å². The highest BCUT2D eigenvalue weighted by molar-refractivity contribution is 5.79. The van der Waals surface area contributed by atoms with Crippen LogP contribution in [-0.2, 0) is 11.3 Å². The van der Waals surface area contributed by atoms with Gasteiger partial charge in [-0.25, -0.2) is 0 Å². The van der Waals surface area contributed by atoms with Crippen LogP contribution in [-0.4, -0.2) is 21.2 Å². The summed E-state index contributed by atoms with van der Waals surface area (Å²) >= 11 is 0. The molecule has 6 nitrogen and oxygen atoms in total. The molecular formula is C17H18N4O2. The van der Waals surface area contributed by atoms with E-state index in [4.69, 9.17) is 0 Å². The van der Waals surface area contributed by atoms with Crippen LogP contribution in [0, 0.1) is 11.3 Å². The van der Waals surface area contributed by atoms with Crippen molar-refractivity contribution in [2.24, 2.45) is 0 Å². The first-order valence-corrected chi connectivity index (χ1v) is 7.81. The second kappa shape index (κ2) is 6.21. The van der Waals surface area contributed by atoms with Crippen LogP contribution in [0.15, 0.2) is 35.3 Å². The third kappa shape index (κ3) is 3.09. The van der Waals surface area contributed by atoms with Crippen molar-refractivity contribution in [3.05, 3.63) is 40.7 Å². The van der Waals surface area contributed by atoms with Gasteiger partial charge in [0, 0.05) is 11.8 Å². The Morgan fingerprint density at radius 2 is 2.09 bits per heavy atom. The predicted molar refractivity (Wildman–Crippen MR) is 85.6 cm³/mol. The largest absolute Gasteiger partial charge is 0.338 e. The summed E-state index contributed by atoms with van der Waals surface area (Å²) in [6.45, 7) is 0.369. The van der Waals surface area contributed by atoms with E-state index in [1.165, 1.54) is 6.20 Å². The highest BCUT2D eigenvalue weighted by atomic mass is 16.1. The molecule has 1 amide bonds. The number of aromatic nitrogens is 2. The molecule has 23 heavy (non-hydrogen) atoms. The fraction of sp³-hybridized carbons (Fsp3) is 0.412. The van der Waals surface area contributed by atoms with Gasteiger partial charge in [-0.05, 0) is 37.8 Å². The third-order valence-electron chi connectivity index (χ3n) is 4.36. The summed E-state index contributed by atoms with van der Waals surface area (Å²) in [7, 11) is 0. The van der Waals surface area contributed by atoms with E-state index >= 15 is 0 Å². The van der Waals surface area contributed by atoms with Gasteiger partial charge in [-0.2, -0.15) is 10.4 Å². The van der Waals surface area contributed by atoms with E-state index in [9.17, 15) is 14.9 Å². The highest BCUT2D eigenvalue weighted by Gasteiger charge is 2.35. The number of nitrogens with zero attached hydrogens (tertiary/aromatic N) is 3. The van der Waals surface area contributed by atoms with Gasteiger partial charge in [-0.3, -0.25) is 14.3 Å². The number of para-hydroxylation sites is 1. The molecule has 6 heteroatoms. The van der Waals surface area contributed by atoms with Gasteiger partial charge in [0.2, 0.25) is 11.3 Å². The van der Waals surface area contributed by atoms with Crippen LogP contribution in [0.1, 0.15) is 32.1 Å². The topological polar surface area (TPSA) is 87.8 Å². The van der Waals surface area contributed by atoms with E-state index in [0.717, 1.165) is 12.8 Å². The van der Waals surface area contributed by atoms with E-state index < -0.39 is 5.54 Å². The van der Waals surface area contributed by atoms with Crippen molar-refractivity contribution in [2.45, 2.75) is 44.2 Å². The molecule has 1 aromatic heterocycles. The number of hydrogen-bond donors (Lipinski definition) is 1. The van der Waals surface area contributed by atoms with Gasteiger partial charge in [0.25, 0.3) is 0 Å². The summed E-state index contributed by atoms with van der Waals surface area (Å²) in [6, 6.07) is 9.45. The lowest BCUT2D eigenvalue weighted by Gasteiger charge is -2.22. The zero-order chi connectivity index (χ0) is 16.3. The van der Waals surface area contributed by atoms with Gasteiger partial charge in [0.15, 0.2) is 0 Å². The average Bonchev–Trinajstić information content (AvgIpc) is 3.03. The number of aryl methyl sites for hydroxylation is 1. The van der Waals surface area contributed by atoms with Crippen LogP contribution in [0.5, 0.6) is 0 Å². The number of nitriles is 1. The van der Waals surface area contributed by atoms with Gasteiger partial charge in [-0.15, -0.1) is 0 Å². The number of carbonyl (C=O) groups is 1. The molecule has 1 fully saturated rings. The highest BCUT2D eigenvalue weighted by Crippen LogP contribution is 2.28. The fourth-order valence-corrected chi connectivity index (χ4v) is 3.12. The SMILES string of the molecule is N#CC1(NC(=O)CCn2ncc(=O)c3ccccc32)CCCC1. The van der Waals surface area contributed by atoms with E-state index in [1.807, 2.05) is 12.1 Å². The van der Waals surface area contributed by atoms with Gasteiger partial charge in [0.05, 0.1) is 24.3 Å². The minimum atomic E-state index is -0.698. The van der Waals surface area contributed by atoms with Gasteiger partial charge in [0.1, 0.15) is 5.54 Å². The summed E-state index contributed by atoms with van der Waals surface area (Å²) in [4.78, 5) is 24.0. The molecule has 1 aliphatic carbocycles. The van der Waals surface area contributed by atoms with Crippen LogP contribution < -0.4 is 10.7 Å². The molecule has 118 valence electrons. The Balaban J connectivity index is 1.72. The van der Waals surface area contributed by atoms with E-state index in [-0.39, 0.29) is 17.8 Å². The molecule has 1 N–H and O–H groups in total. The lowest BCUT2D eigenvalue weighted by molar-refractivity contribution is -0.122. The minimum absolute atomic E-state index is 0.129. The summed E-state index contributed by atoms with van der Waals surface area (Å²) < 4.78 is 1.66. The van der Waals surface area contributed by atoms with Crippen molar-refractivity contribution < 1.29 is 4.79 Å². The van der Waals surface area contributed by atoms with Crippen molar-refractivity contribution >= 4 is 16.8 Å². The normalized spacial score (nSPS) is 16.1. The van der Waals surface area contributed by atoms with Gasteiger partial charge >= 0.3 is 0 Å². The Hall–Kier alpha value is -2.68. The number of hydrogen-bond acceptors (Lipinski definition) is 4. The first-order valence-electron chi connectivity index (χ1n) is 7.81. The molecule has 1 saturated carbocycles. The quantitative estimate of drug-likeness (QED) is 0.931. The lowest BCUT2D eigenvalue weighted by Crippen LogP contribution is -2.45.